The maximum Gasteiger partial charge on any atom is 0.326 e. The van der Waals surface area contributed by atoms with Crippen LogP contribution < -0.4 is 0 Å². The van der Waals surface area contributed by atoms with Crippen LogP contribution in [-0.2, 0) is 14.3 Å². The van der Waals surface area contributed by atoms with Crippen LogP contribution in [0.15, 0.2) is 24.3 Å². The molecule has 1 fully saturated rings. The predicted octanol–water partition coefficient (Wildman–Crippen LogP) is 0.819. The van der Waals surface area contributed by atoms with Gasteiger partial charge >= 0.3 is 5.97 Å². The standard InChI is InChI=1S/C12H17NO4/c1-3-4-5-6-11(14)13-8-9(17-2)7-10(13)12(15)16/h3-6,9-10H,7-8H2,1-2H3,(H,15,16)/b4-3+,6-5+. The summed E-state index contributed by atoms with van der Waals surface area (Å²) in [6.07, 6.45) is 6.62. The second-order valence-electron chi connectivity index (χ2n) is 3.82. The number of ether oxygens (including phenoxy) is 1. The number of aliphatic carboxylic acids is 1. The molecule has 0 aromatic rings. The van der Waals surface area contributed by atoms with E-state index in [1.807, 2.05) is 6.92 Å². The summed E-state index contributed by atoms with van der Waals surface area (Å²) < 4.78 is 5.10. The van der Waals surface area contributed by atoms with Gasteiger partial charge in [-0.3, -0.25) is 4.79 Å². The van der Waals surface area contributed by atoms with Crippen molar-refractivity contribution in [2.45, 2.75) is 25.5 Å². The molecule has 0 aromatic heterocycles. The van der Waals surface area contributed by atoms with Crippen molar-refractivity contribution in [3.05, 3.63) is 24.3 Å². The van der Waals surface area contributed by atoms with Crippen LogP contribution in [0.1, 0.15) is 13.3 Å². The highest BCUT2D eigenvalue weighted by Crippen LogP contribution is 2.20. The van der Waals surface area contributed by atoms with Gasteiger partial charge in [0, 0.05) is 26.2 Å². The molecule has 1 saturated heterocycles. The average molecular weight is 239 g/mol. The third-order valence-electron chi connectivity index (χ3n) is 2.71. The fourth-order valence-corrected chi connectivity index (χ4v) is 1.79. The number of carboxylic acids is 1. The number of allylic oxidation sites excluding steroid dienone is 3. The second-order valence-corrected chi connectivity index (χ2v) is 3.82. The number of carbonyl (C=O) groups excluding carboxylic acids is 1. The molecule has 5 nitrogen and oxygen atoms in total. The molecule has 2 atom stereocenters. The van der Waals surface area contributed by atoms with E-state index < -0.39 is 12.0 Å². The second kappa shape index (κ2) is 6.20. The van der Waals surface area contributed by atoms with Crippen LogP contribution in [0.2, 0.25) is 0 Å². The number of amides is 1. The van der Waals surface area contributed by atoms with Gasteiger partial charge in [0.2, 0.25) is 5.91 Å². The molecule has 0 saturated carbocycles. The summed E-state index contributed by atoms with van der Waals surface area (Å²) in [5.74, 6) is -1.28. The van der Waals surface area contributed by atoms with Gasteiger partial charge in [-0.05, 0) is 6.92 Å². The van der Waals surface area contributed by atoms with Gasteiger partial charge in [0.05, 0.1) is 6.10 Å². The number of hydrogen-bond acceptors (Lipinski definition) is 3. The van der Waals surface area contributed by atoms with Gasteiger partial charge < -0.3 is 14.7 Å². The monoisotopic (exact) mass is 239 g/mol. The molecule has 1 N–H and O–H groups in total. The maximum absolute atomic E-state index is 11.8. The zero-order chi connectivity index (χ0) is 12.8. The van der Waals surface area contributed by atoms with Gasteiger partial charge in [0.15, 0.2) is 0 Å². The summed E-state index contributed by atoms with van der Waals surface area (Å²) >= 11 is 0. The molecule has 0 spiro atoms. The van der Waals surface area contributed by atoms with E-state index in [-0.39, 0.29) is 12.0 Å². The van der Waals surface area contributed by atoms with Crippen LogP contribution in [0.4, 0.5) is 0 Å². The average Bonchev–Trinajstić information content (AvgIpc) is 2.73. The Labute approximate surface area is 100 Å². The van der Waals surface area contributed by atoms with Gasteiger partial charge in [-0.2, -0.15) is 0 Å². The molecule has 1 heterocycles. The Kier molecular flexibility index (Phi) is 4.90. The minimum atomic E-state index is -0.989. The van der Waals surface area contributed by atoms with E-state index in [0.717, 1.165) is 0 Å². The Balaban J connectivity index is 2.73. The van der Waals surface area contributed by atoms with E-state index >= 15 is 0 Å². The van der Waals surface area contributed by atoms with Crippen LogP contribution >= 0.6 is 0 Å². The Morgan fingerprint density at radius 3 is 2.65 bits per heavy atom. The zero-order valence-electron chi connectivity index (χ0n) is 10.00. The number of carboxylic acid groups (broad SMARTS) is 1. The lowest BCUT2D eigenvalue weighted by molar-refractivity contribution is -0.146. The van der Waals surface area contributed by atoms with Crippen LogP contribution in [0.5, 0.6) is 0 Å². The van der Waals surface area contributed by atoms with E-state index in [1.165, 1.54) is 18.1 Å². The summed E-state index contributed by atoms with van der Waals surface area (Å²) in [5, 5.41) is 9.03. The molecule has 1 amide bonds. The van der Waals surface area contributed by atoms with E-state index in [2.05, 4.69) is 0 Å². The van der Waals surface area contributed by atoms with E-state index in [9.17, 15) is 9.59 Å². The molecule has 1 rings (SSSR count). The van der Waals surface area contributed by atoms with Crippen molar-refractivity contribution in [2.75, 3.05) is 13.7 Å². The molecule has 2 unspecified atom stereocenters. The quantitative estimate of drug-likeness (QED) is 0.582. The van der Waals surface area contributed by atoms with Gasteiger partial charge in [-0.1, -0.05) is 18.2 Å². The van der Waals surface area contributed by atoms with Crippen LogP contribution in [0, 0.1) is 0 Å². The number of rotatable bonds is 4. The fraction of sp³-hybridized carbons (Fsp3) is 0.500. The van der Waals surface area contributed by atoms with Gasteiger partial charge in [0.25, 0.3) is 0 Å². The molecule has 1 aliphatic heterocycles. The molecule has 17 heavy (non-hydrogen) atoms. The summed E-state index contributed by atoms with van der Waals surface area (Å²) in [6.45, 7) is 2.16. The smallest absolute Gasteiger partial charge is 0.326 e. The summed E-state index contributed by atoms with van der Waals surface area (Å²) in [6, 6.07) is -0.789. The summed E-state index contributed by atoms with van der Waals surface area (Å²) in [4.78, 5) is 24.1. The highest BCUT2D eigenvalue weighted by atomic mass is 16.5. The van der Waals surface area contributed by atoms with Crippen molar-refractivity contribution in [1.82, 2.24) is 4.90 Å². The SMILES string of the molecule is C/C=C/C=C/C(=O)N1CC(OC)CC1C(=O)O. The van der Waals surface area contributed by atoms with Gasteiger partial charge in [0.1, 0.15) is 6.04 Å². The summed E-state index contributed by atoms with van der Waals surface area (Å²) in [7, 11) is 1.52. The van der Waals surface area contributed by atoms with Crippen LogP contribution in [0.25, 0.3) is 0 Å². The van der Waals surface area contributed by atoms with Crippen molar-refractivity contribution in [2.24, 2.45) is 0 Å². The number of nitrogens with zero attached hydrogens (tertiary/aromatic N) is 1. The van der Waals surface area contributed by atoms with E-state index in [4.69, 9.17) is 9.84 Å². The zero-order valence-corrected chi connectivity index (χ0v) is 10.00. The molecular weight excluding hydrogens is 222 g/mol. The first-order valence-electron chi connectivity index (χ1n) is 5.45. The van der Waals surface area contributed by atoms with Crippen LogP contribution in [-0.4, -0.2) is 47.7 Å². The lowest BCUT2D eigenvalue weighted by Gasteiger charge is -2.19. The first kappa shape index (κ1) is 13.4. The number of carbonyl (C=O) groups is 2. The summed E-state index contributed by atoms with van der Waals surface area (Å²) in [5.41, 5.74) is 0. The van der Waals surface area contributed by atoms with Crippen molar-refractivity contribution in [3.8, 4) is 0 Å². The number of likely N-dealkylation sites (tertiary alicyclic amines) is 1. The van der Waals surface area contributed by atoms with Crippen LogP contribution in [0.3, 0.4) is 0 Å². The van der Waals surface area contributed by atoms with Crippen molar-refractivity contribution in [3.63, 3.8) is 0 Å². The topological polar surface area (TPSA) is 66.8 Å². The third-order valence-corrected chi connectivity index (χ3v) is 2.71. The van der Waals surface area contributed by atoms with Crippen molar-refractivity contribution in [1.29, 1.82) is 0 Å². The molecular formula is C12H17NO4. The minimum Gasteiger partial charge on any atom is -0.480 e. The molecule has 0 bridgehead atoms. The number of methoxy groups -OCH3 is 1. The lowest BCUT2D eigenvalue weighted by atomic mass is 10.2. The largest absolute Gasteiger partial charge is 0.480 e. The molecule has 5 heteroatoms. The third kappa shape index (κ3) is 3.42. The molecule has 0 radical (unpaired) electrons. The Bertz CT molecular complexity index is 348. The normalized spacial score (nSPS) is 24.9. The van der Waals surface area contributed by atoms with Gasteiger partial charge in [-0.25, -0.2) is 4.79 Å². The van der Waals surface area contributed by atoms with Crippen molar-refractivity contribution >= 4 is 11.9 Å². The minimum absolute atomic E-state index is 0.199. The van der Waals surface area contributed by atoms with E-state index in [0.29, 0.717) is 13.0 Å². The van der Waals surface area contributed by atoms with Gasteiger partial charge in [-0.15, -0.1) is 0 Å². The molecule has 1 aliphatic rings. The molecule has 94 valence electrons. The molecule has 0 aliphatic carbocycles. The first-order valence-corrected chi connectivity index (χ1v) is 5.45. The first-order chi connectivity index (χ1) is 8.10. The highest BCUT2D eigenvalue weighted by Gasteiger charge is 2.38. The molecule has 0 aromatic carbocycles. The predicted molar refractivity (Wildman–Crippen MR) is 62.5 cm³/mol. The fourth-order valence-electron chi connectivity index (χ4n) is 1.79. The lowest BCUT2D eigenvalue weighted by Crippen LogP contribution is -2.39. The Hall–Kier alpha value is -1.62. The number of hydrogen-bond donors (Lipinski definition) is 1. The Morgan fingerprint density at radius 1 is 1.41 bits per heavy atom. The Morgan fingerprint density at radius 2 is 2.12 bits per heavy atom. The maximum atomic E-state index is 11.8. The van der Waals surface area contributed by atoms with Crippen molar-refractivity contribution < 1.29 is 19.4 Å². The highest BCUT2D eigenvalue weighted by molar-refractivity contribution is 5.92. The van der Waals surface area contributed by atoms with E-state index in [1.54, 1.807) is 18.2 Å².